The predicted octanol–water partition coefficient (Wildman–Crippen LogP) is 2.72. The van der Waals surface area contributed by atoms with Crippen LogP contribution in [0.5, 0.6) is 0 Å². The molecule has 0 aliphatic carbocycles. The lowest BCUT2D eigenvalue weighted by atomic mass is 9.92. The quantitative estimate of drug-likeness (QED) is 0.820. The van der Waals surface area contributed by atoms with Crippen molar-refractivity contribution in [1.82, 2.24) is 20.2 Å². The van der Waals surface area contributed by atoms with Crippen molar-refractivity contribution in [2.24, 2.45) is 5.92 Å². The van der Waals surface area contributed by atoms with Gasteiger partial charge < -0.3 is 15.2 Å². The maximum atomic E-state index is 12.9. The van der Waals surface area contributed by atoms with Crippen molar-refractivity contribution in [3.8, 4) is 0 Å². The zero-order chi connectivity index (χ0) is 17.8. The van der Waals surface area contributed by atoms with Gasteiger partial charge in [-0.25, -0.2) is 4.98 Å². The summed E-state index contributed by atoms with van der Waals surface area (Å²) < 4.78 is 0. The molecule has 0 saturated carbocycles. The third-order valence-electron chi connectivity index (χ3n) is 4.94. The number of rotatable bonds is 5. The van der Waals surface area contributed by atoms with Crippen molar-refractivity contribution in [2.75, 3.05) is 13.1 Å². The smallest absolute Gasteiger partial charge is 0.289 e. The number of hydrogen-bond donors (Lipinski definition) is 2. The van der Waals surface area contributed by atoms with E-state index in [-0.39, 0.29) is 23.8 Å². The van der Waals surface area contributed by atoms with Crippen LogP contribution in [0.25, 0.3) is 11.0 Å². The minimum Gasteiger partial charge on any atom is -0.356 e. The van der Waals surface area contributed by atoms with E-state index < -0.39 is 0 Å². The highest BCUT2D eigenvalue weighted by Crippen LogP contribution is 2.24. The highest BCUT2D eigenvalue weighted by atomic mass is 16.2. The van der Waals surface area contributed by atoms with E-state index in [9.17, 15) is 9.59 Å². The number of imidazole rings is 1. The Bertz CT molecular complexity index is 722. The van der Waals surface area contributed by atoms with Gasteiger partial charge in [0.15, 0.2) is 5.82 Å². The second-order valence-corrected chi connectivity index (χ2v) is 6.83. The Morgan fingerprint density at radius 3 is 2.88 bits per heavy atom. The normalized spacial score (nSPS) is 20.6. The number of unbranched alkanes of at least 4 members (excludes halogenated alkanes) is 1. The van der Waals surface area contributed by atoms with E-state index in [1.807, 2.05) is 31.2 Å². The standard InChI is InChI=1S/C19H26N4O2/c1-3-4-11-20-18(24)14-10-9-13(2)23(12-14)19(25)17-21-15-7-5-6-8-16(15)22-17/h5-8,13-14H,3-4,9-12H2,1-2H3,(H,20,24)(H,21,22). The number of nitrogens with one attached hydrogen (secondary N) is 2. The lowest BCUT2D eigenvalue weighted by Gasteiger charge is -2.36. The van der Waals surface area contributed by atoms with Crippen LogP contribution in [0.2, 0.25) is 0 Å². The lowest BCUT2D eigenvalue weighted by Crippen LogP contribution is -2.49. The Morgan fingerprint density at radius 1 is 1.32 bits per heavy atom. The van der Waals surface area contributed by atoms with Crippen molar-refractivity contribution in [1.29, 1.82) is 0 Å². The molecule has 2 amide bonds. The number of piperidine rings is 1. The zero-order valence-corrected chi connectivity index (χ0v) is 14.9. The topological polar surface area (TPSA) is 78.1 Å². The van der Waals surface area contributed by atoms with Crippen LogP contribution in [0.1, 0.15) is 50.1 Å². The van der Waals surface area contributed by atoms with Crippen LogP contribution in [0.3, 0.4) is 0 Å². The average molecular weight is 342 g/mol. The molecular weight excluding hydrogens is 316 g/mol. The molecular formula is C19H26N4O2. The summed E-state index contributed by atoms with van der Waals surface area (Å²) in [5, 5.41) is 2.99. The van der Waals surface area contributed by atoms with Gasteiger partial charge in [0.1, 0.15) is 0 Å². The van der Waals surface area contributed by atoms with Gasteiger partial charge >= 0.3 is 0 Å². The van der Waals surface area contributed by atoms with Gasteiger partial charge in [-0.05, 0) is 38.3 Å². The average Bonchev–Trinajstić information content (AvgIpc) is 3.06. The summed E-state index contributed by atoms with van der Waals surface area (Å²) in [5.41, 5.74) is 1.63. The fraction of sp³-hybridized carbons (Fsp3) is 0.526. The van der Waals surface area contributed by atoms with E-state index in [2.05, 4.69) is 22.2 Å². The maximum Gasteiger partial charge on any atom is 0.289 e. The summed E-state index contributed by atoms with van der Waals surface area (Å²) in [6, 6.07) is 7.71. The number of amides is 2. The highest BCUT2D eigenvalue weighted by Gasteiger charge is 2.34. The minimum atomic E-state index is -0.138. The number of likely N-dealkylation sites (tertiary alicyclic amines) is 1. The molecule has 25 heavy (non-hydrogen) atoms. The molecule has 1 aromatic carbocycles. The van der Waals surface area contributed by atoms with Crippen molar-refractivity contribution in [3.05, 3.63) is 30.1 Å². The van der Waals surface area contributed by atoms with Crippen LogP contribution >= 0.6 is 0 Å². The number of para-hydroxylation sites is 2. The highest BCUT2D eigenvalue weighted by molar-refractivity contribution is 5.94. The summed E-state index contributed by atoms with van der Waals surface area (Å²) >= 11 is 0. The molecule has 2 atom stereocenters. The van der Waals surface area contributed by atoms with Crippen LogP contribution in [0.15, 0.2) is 24.3 Å². The molecule has 6 nitrogen and oxygen atoms in total. The first-order valence-corrected chi connectivity index (χ1v) is 9.13. The van der Waals surface area contributed by atoms with Crippen molar-refractivity contribution >= 4 is 22.8 Å². The van der Waals surface area contributed by atoms with Gasteiger partial charge in [0.25, 0.3) is 5.91 Å². The van der Waals surface area contributed by atoms with Crippen LogP contribution in [-0.2, 0) is 4.79 Å². The first-order valence-electron chi connectivity index (χ1n) is 9.13. The van der Waals surface area contributed by atoms with Gasteiger partial charge in [0, 0.05) is 19.1 Å². The van der Waals surface area contributed by atoms with Gasteiger partial charge in [-0.1, -0.05) is 25.5 Å². The Labute approximate surface area is 148 Å². The number of nitrogens with zero attached hydrogens (tertiary/aromatic N) is 2. The first-order chi connectivity index (χ1) is 12.1. The fourth-order valence-corrected chi connectivity index (χ4v) is 3.33. The van der Waals surface area contributed by atoms with Crippen molar-refractivity contribution < 1.29 is 9.59 Å². The number of hydrogen-bond acceptors (Lipinski definition) is 3. The summed E-state index contributed by atoms with van der Waals surface area (Å²) in [6.45, 7) is 5.29. The second kappa shape index (κ2) is 7.68. The van der Waals surface area contributed by atoms with Gasteiger partial charge in [0.05, 0.1) is 17.0 Å². The Morgan fingerprint density at radius 2 is 2.12 bits per heavy atom. The molecule has 2 N–H and O–H groups in total. The molecule has 1 fully saturated rings. The SMILES string of the molecule is CCCCNC(=O)C1CCC(C)N(C(=O)c2nc3ccccc3[nH]2)C1. The molecule has 0 spiro atoms. The van der Waals surface area contributed by atoms with Gasteiger partial charge in [-0.15, -0.1) is 0 Å². The molecule has 2 heterocycles. The van der Waals surface area contributed by atoms with Crippen LogP contribution < -0.4 is 5.32 Å². The number of H-pyrrole nitrogens is 1. The predicted molar refractivity (Wildman–Crippen MR) is 97.2 cm³/mol. The second-order valence-electron chi connectivity index (χ2n) is 6.83. The van der Waals surface area contributed by atoms with Crippen LogP contribution in [0.4, 0.5) is 0 Å². The molecule has 0 radical (unpaired) electrons. The van der Waals surface area contributed by atoms with Gasteiger partial charge in [-0.3, -0.25) is 9.59 Å². The summed E-state index contributed by atoms with van der Waals surface area (Å²) in [4.78, 5) is 34.5. The van der Waals surface area contributed by atoms with E-state index >= 15 is 0 Å². The molecule has 2 unspecified atom stereocenters. The van der Waals surface area contributed by atoms with Crippen molar-refractivity contribution in [2.45, 2.75) is 45.6 Å². The van der Waals surface area contributed by atoms with E-state index in [0.717, 1.165) is 36.7 Å². The molecule has 1 aromatic heterocycles. The Balaban J connectivity index is 1.70. The Kier molecular flexibility index (Phi) is 5.36. The molecule has 2 aromatic rings. The van der Waals surface area contributed by atoms with E-state index in [4.69, 9.17) is 0 Å². The maximum absolute atomic E-state index is 12.9. The fourth-order valence-electron chi connectivity index (χ4n) is 3.33. The van der Waals surface area contributed by atoms with E-state index in [1.54, 1.807) is 4.90 Å². The molecule has 1 saturated heterocycles. The van der Waals surface area contributed by atoms with Crippen LogP contribution in [0, 0.1) is 5.92 Å². The number of fused-ring (bicyclic) bond motifs is 1. The molecule has 3 rings (SSSR count). The molecule has 0 bridgehead atoms. The monoisotopic (exact) mass is 342 g/mol. The number of carbonyl (C=O) groups excluding carboxylic acids is 2. The van der Waals surface area contributed by atoms with Gasteiger partial charge in [0.2, 0.25) is 5.91 Å². The Hall–Kier alpha value is -2.37. The molecule has 134 valence electrons. The van der Waals surface area contributed by atoms with E-state index in [0.29, 0.717) is 18.9 Å². The number of benzene rings is 1. The molecule has 6 heteroatoms. The number of aromatic amines is 1. The number of aromatic nitrogens is 2. The molecule has 1 aliphatic rings. The largest absolute Gasteiger partial charge is 0.356 e. The van der Waals surface area contributed by atoms with Crippen molar-refractivity contribution in [3.63, 3.8) is 0 Å². The summed E-state index contributed by atoms with van der Waals surface area (Å²) in [6.07, 6.45) is 3.69. The molecule has 1 aliphatic heterocycles. The van der Waals surface area contributed by atoms with Crippen LogP contribution in [-0.4, -0.2) is 45.8 Å². The zero-order valence-electron chi connectivity index (χ0n) is 14.9. The minimum absolute atomic E-state index is 0.0581. The summed E-state index contributed by atoms with van der Waals surface area (Å²) in [7, 11) is 0. The summed E-state index contributed by atoms with van der Waals surface area (Å²) in [5.74, 6) is 0.138. The third kappa shape index (κ3) is 3.83. The van der Waals surface area contributed by atoms with Gasteiger partial charge in [-0.2, -0.15) is 0 Å². The van der Waals surface area contributed by atoms with E-state index in [1.165, 1.54) is 0 Å². The lowest BCUT2D eigenvalue weighted by molar-refractivity contribution is -0.126. The third-order valence-corrected chi connectivity index (χ3v) is 4.94. The number of carbonyl (C=O) groups is 2. The first kappa shape index (κ1) is 17.5.